The first-order valence-electron chi connectivity index (χ1n) is 8.52. The van der Waals surface area contributed by atoms with Crippen LogP contribution >= 0.6 is 11.1 Å². The van der Waals surface area contributed by atoms with Crippen LogP contribution < -0.4 is 0 Å². The Morgan fingerprint density at radius 1 is 1.18 bits per heavy atom. The van der Waals surface area contributed by atoms with E-state index < -0.39 is 7.38 Å². The molecule has 0 unspecified atom stereocenters. The predicted molar refractivity (Wildman–Crippen MR) is 96.7 cm³/mol. The Hall–Kier alpha value is -0.313. The molecular weight excluding hydrogens is 308 g/mol. The van der Waals surface area contributed by atoms with Gasteiger partial charge in [0.15, 0.2) is 7.38 Å². The van der Waals surface area contributed by atoms with E-state index in [1.807, 2.05) is 0 Å². The average Bonchev–Trinajstić information content (AvgIpc) is 2.76. The molecule has 1 nitrogen and oxygen atoms in total. The second kappa shape index (κ2) is 5.36. The lowest BCUT2D eigenvalue weighted by atomic mass is 9.70. The highest BCUT2D eigenvalue weighted by Crippen LogP contribution is 2.72. The third kappa shape index (κ3) is 2.39. The molecule has 1 aromatic rings. The van der Waals surface area contributed by atoms with E-state index in [2.05, 4.69) is 64.2 Å². The van der Waals surface area contributed by atoms with Crippen LogP contribution in [0.15, 0.2) is 30.3 Å². The van der Waals surface area contributed by atoms with E-state index in [9.17, 15) is 0 Å². The fourth-order valence-corrected chi connectivity index (χ4v) is 8.72. The largest absolute Gasteiger partial charge is 0.373 e. The molecule has 0 radical (unpaired) electrons. The quantitative estimate of drug-likeness (QED) is 0.495. The van der Waals surface area contributed by atoms with E-state index in [0.717, 1.165) is 5.92 Å². The predicted octanol–water partition coefficient (Wildman–Crippen LogP) is 5.84. The van der Waals surface area contributed by atoms with Crippen molar-refractivity contribution in [3.63, 3.8) is 0 Å². The summed E-state index contributed by atoms with van der Waals surface area (Å²) >= 11 is 6.96. The van der Waals surface area contributed by atoms with Gasteiger partial charge in [-0.15, -0.1) is 0 Å². The summed E-state index contributed by atoms with van der Waals surface area (Å²) in [7, 11) is -1.77. The summed E-state index contributed by atoms with van der Waals surface area (Å²) in [6.07, 6.45) is 2.91. The van der Waals surface area contributed by atoms with Crippen LogP contribution in [-0.4, -0.2) is 13.5 Å². The number of ether oxygens (including phenoxy) is 1. The molecule has 3 rings (SSSR count). The summed E-state index contributed by atoms with van der Waals surface area (Å²) in [6.45, 7) is 12.7. The van der Waals surface area contributed by atoms with Gasteiger partial charge in [0.25, 0.3) is 0 Å². The highest BCUT2D eigenvalue weighted by molar-refractivity contribution is 7.19. The van der Waals surface area contributed by atoms with Gasteiger partial charge >= 0.3 is 0 Å². The molecule has 0 N–H and O–H groups in total. The fraction of sp³-hybridized carbons (Fsp3) is 0.684. The Morgan fingerprint density at radius 3 is 2.41 bits per heavy atom. The van der Waals surface area contributed by atoms with Crippen LogP contribution in [0.25, 0.3) is 0 Å². The zero-order valence-electron chi connectivity index (χ0n) is 14.5. The van der Waals surface area contributed by atoms with Crippen LogP contribution in [0.4, 0.5) is 0 Å². The zero-order valence-corrected chi connectivity index (χ0v) is 16.3. The van der Waals surface area contributed by atoms with Crippen molar-refractivity contribution in [2.24, 2.45) is 16.7 Å². The Balaban J connectivity index is 1.87. The molecule has 0 aromatic heterocycles. The topological polar surface area (TPSA) is 9.23 Å². The van der Waals surface area contributed by atoms with E-state index >= 15 is 0 Å². The minimum atomic E-state index is -1.77. The molecule has 0 saturated heterocycles. The first-order valence-corrected chi connectivity index (χ1v) is 12.6. The van der Waals surface area contributed by atoms with Crippen molar-refractivity contribution in [1.29, 1.82) is 0 Å². The molecule has 122 valence electrons. The van der Waals surface area contributed by atoms with Gasteiger partial charge in [-0.3, -0.25) is 0 Å². The summed E-state index contributed by atoms with van der Waals surface area (Å²) < 4.78 is 6.55. The van der Waals surface area contributed by atoms with Crippen LogP contribution in [0.1, 0.15) is 39.2 Å². The zero-order chi connectivity index (χ0) is 16.2. The summed E-state index contributed by atoms with van der Waals surface area (Å²) in [5, 5.41) is 0. The van der Waals surface area contributed by atoms with Crippen molar-refractivity contribution in [1.82, 2.24) is 0 Å². The third-order valence-electron chi connectivity index (χ3n) is 6.83. The SMILES string of the molecule is CC1(C)[C@H]2CC[C@]1(C)[C@@H](OCc1ccccc1)[C@H]2[Si](C)(C)Cl. The number of benzene rings is 1. The second-order valence-corrected chi connectivity index (χ2v) is 15.3. The monoisotopic (exact) mass is 336 g/mol. The maximum atomic E-state index is 6.96. The van der Waals surface area contributed by atoms with Gasteiger partial charge in [-0.05, 0) is 40.7 Å². The molecule has 2 aliphatic carbocycles. The number of hydrogen-bond acceptors (Lipinski definition) is 1. The van der Waals surface area contributed by atoms with Crippen molar-refractivity contribution >= 4 is 18.5 Å². The van der Waals surface area contributed by atoms with Crippen LogP contribution in [0.3, 0.4) is 0 Å². The molecule has 2 saturated carbocycles. The van der Waals surface area contributed by atoms with E-state index in [0.29, 0.717) is 23.7 Å². The van der Waals surface area contributed by atoms with Gasteiger partial charge in [0.2, 0.25) is 0 Å². The number of fused-ring (bicyclic) bond motifs is 2. The molecule has 0 heterocycles. The number of rotatable bonds is 4. The highest BCUT2D eigenvalue weighted by atomic mass is 35.6. The van der Waals surface area contributed by atoms with Gasteiger partial charge in [0, 0.05) is 0 Å². The van der Waals surface area contributed by atoms with Crippen molar-refractivity contribution in [2.75, 3.05) is 0 Å². The maximum Gasteiger partial charge on any atom is 0.156 e. The van der Waals surface area contributed by atoms with Gasteiger partial charge < -0.3 is 4.74 Å². The highest BCUT2D eigenvalue weighted by Gasteiger charge is 2.69. The van der Waals surface area contributed by atoms with Gasteiger partial charge in [-0.1, -0.05) is 64.2 Å². The summed E-state index contributed by atoms with van der Waals surface area (Å²) in [5.74, 6) is 0.720. The van der Waals surface area contributed by atoms with Crippen LogP contribution in [-0.2, 0) is 11.3 Å². The third-order valence-corrected chi connectivity index (χ3v) is 9.87. The average molecular weight is 337 g/mol. The molecule has 3 heteroatoms. The maximum absolute atomic E-state index is 6.96. The first-order chi connectivity index (χ1) is 10.2. The van der Waals surface area contributed by atoms with E-state index in [1.165, 1.54) is 18.4 Å². The van der Waals surface area contributed by atoms with Crippen LogP contribution in [0.5, 0.6) is 0 Å². The molecule has 2 bridgehead atoms. The van der Waals surface area contributed by atoms with Crippen molar-refractivity contribution in [2.45, 2.75) is 65.0 Å². The smallest absolute Gasteiger partial charge is 0.156 e. The molecule has 22 heavy (non-hydrogen) atoms. The van der Waals surface area contributed by atoms with Crippen molar-refractivity contribution in [3.05, 3.63) is 35.9 Å². The second-order valence-electron chi connectivity index (χ2n) is 8.59. The van der Waals surface area contributed by atoms with Crippen molar-refractivity contribution < 1.29 is 4.74 Å². The van der Waals surface area contributed by atoms with E-state index in [4.69, 9.17) is 15.8 Å². The van der Waals surface area contributed by atoms with E-state index in [-0.39, 0.29) is 5.41 Å². The number of hydrogen-bond donors (Lipinski definition) is 0. The van der Waals surface area contributed by atoms with Crippen molar-refractivity contribution in [3.8, 4) is 0 Å². The Bertz CT molecular complexity index is 536. The molecular formula is C19H29ClOSi. The molecule has 1 aromatic carbocycles. The molecule has 4 atom stereocenters. The van der Waals surface area contributed by atoms with Gasteiger partial charge in [-0.2, -0.15) is 11.1 Å². The molecule has 2 fully saturated rings. The Labute approximate surface area is 141 Å². The lowest BCUT2D eigenvalue weighted by Gasteiger charge is -2.42. The minimum absolute atomic E-state index is 0.260. The molecule has 2 aliphatic rings. The normalized spacial score (nSPS) is 36.7. The minimum Gasteiger partial charge on any atom is -0.373 e. The summed E-state index contributed by atoms with van der Waals surface area (Å²) in [6, 6.07) is 10.5. The van der Waals surface area contributed by atoms with E-state index in [1.54, 1.807) is 0 Å². The molecule has 0 amide bonds. The fourth-order valence-electron chi connectivity index (χ4n) is 5.19. The van der Waals surface area contributed by atoms with Crippen LogP contribution in [0, 0.1) is 16.7 Å². The Kier molecular flexibility index (Phi) is 4.03. The van der Waals surface area contributed by atoms with Gasteiger partial charge in [0.1, 0.15) is 0 Å². The number of halogens is 1. The lowest BCUT2D eigenvalue weighted by molar-refractivity contribution is -0.0554. The van der Waals surface area contributed by atoms with Gasteiger partial charge in [-0.25, -0.2) is 0 Å². The summed E-state index contributed by atoms with van der Waals surface area (Å²) in [5.41, 5.74) is 2.42. The first kappa shape index (κ1) is 16.5. The summed E-state index contributed by atoms with van der Waals surface area (Å²) in [4.78, 5) is 0. The van der Waals surface area contributed by atoms with Crippen LogP contribution in [0.2, 0.25) is 18.6 Å². The molecule has 0 spiro atoms. The lowest BCUT2D eigenvalue weighted by Crippen LogP contribution is -2.43. The Morgan fingerprint density at radius 2 is 1.82 bits per heavy atom. The molecule has 0 aliphatic heterocycles. The standard InChI is InChI=1S/C19H29ClOSi/c1-18(2)15-11-12-19(18,3)17(16(15)22(4,5)20)21-13-14-9-7-6-8-10-14/h6-10,15-17H,11-13H2,1-5H3/t15-,16-,17-,19+/m0/s1. The van der Waals surface area contributed by atoms with Gasteiger partial charge in [0.05, 0.1) is 12.7 Å².